The molecule has 2 amide bonds. The summed E-state index contributed by atoms with van der Waals surface area (Å²) in [5, 5.41) is 11.9. The van der Waals surface area contributed by atoms with E-state index in [0.717, 1.165) is 23.1 Å². The maximum absolute atomic E-state index is 15.0. The summed E-state index contributed by atoms with van der Waals surface area (Å²) in [4.78, 5) is 33.9. The number of carbonyl (C=O) groups is 2. The lowest BCUT2D eigenvalue weighted by molar-refractivity contribution is -0.130. The number of likely N-dealkylation sites (N-methyl/N-ethyl adjacent to an activating group) is 1. The highest BCUT2D eigenvalue weighted by molar-refractivity contribution is 5.93. The van der Waals surface area contributed by atoms with Gasteiger partial charge in [-0.3, -0.25) is 19.3 Å². The maximum atomic E-state index is 15.0. The Balaban J connectivity index is 1.47. The molecule has 0 atom stereocenters. The molecule has 0 bridgehead atoms. The van der Waals surface area contributed by atoms with Gasteiger partial charge in [-0.2, -0.15) is 5.10 Å². The monoisotopic (exact) mass is 473 g/mol. The molecule has 0 saturated heterocycles. The lowest BCUT2D eigenvalue weighted by atomic mass is 9.98. The van der Waals surface area contributed by atoms with Crippen LogP contribution in [0.15, 0.2) is 42.9 Å². The van der Waals surface area contributed by atoms with Crippen molar-refractivity contribution < 1.29 is 14.0 Å². The van der Waals surface area contributed by atoms with Gasteiger partial charge < -0.3 is 15.5 Å². The minimum Gasteiger partial charge on any atom is -0.344 e. The highest BCUT2D eigenvalue weighted by atomic mass is 19.1. The minimum absolute atomic E-state index is 0.0177. The number of amides is 2. The lowest BCUT2D eigenvalue weighted by Crippen LogP contribution is -2.29. The molecule has 5 rings (SSSR count). The first-order chi connectivity index (χ1) is 16.8. The van der Waals surface area contributed by atoms with Gasteiger partial charge in [0.2, 0.25) is 11.8 Å². The summed E-state index contributed by atoms with van der Waals surface area (Å²) in [5.41, 5.74) is 3.20. The Labute approximate surface area is 201 Å². The van der Waals surface area contributed by atoms with E-state index in [-0.39, 0.29) is 18.4 Å². The van der Waals surface area contributed by atoms with Crippen molar-refractivity contribution in [3.8, 4) is 11.1 Å². The fourth-order valence-corrected chi connectivity index (χ4v) is 4.19. The number of hydrogen-bond acceptors (Lipinski definition) is 6. The van der Waals surface area contributed by atoms with Gasteiger partial charge in [-0.25, -0.2) is 9.37 Å². The average Bonchev–Trinajstić information content (AvgIpc) is 3.13. The van der Waals surface area contributed by atoms with Gasteiger partial charge in [0.1, 0.15) is 18.2 Å². The maximum Gasteiger partial charge on any atom is 0.244 e. The highest BCUT2D eigenvalue weighted by Gasteiger charge is 2.19. The van der Waals surface area contributed by atoms with E-state index < -0.39 is 5.82 Å². The summed E-state index contributed by atoms with van der Waals surface area (Å²) < 4.78 is 16.8. The number of carbonyl (C=O) groups excluding carboxylic acids is 2. The van der Waals surface area contributed by atoms with Crippen LogP contribution in [0.2, 0.25) is 0 Å². The van der Waals surface area contributed by atoms with Gasteiger partial charge in [0.15, 0.2) is 5.82 Å². The molecule has 0 spiro atoms. The van der Waals surface area contributed by atoms with E-state index in [4.69, 9.17) is 0 Å². The van der Waals surface area contributed by atoms with Gasteiger partial charge in [-0.1, -0.05) is 0 Å². The molecule has 2 N–H and O–H groups in total. The number of hydrogen-bond donors (Lipinski definition) is 2. The zero-order chi connectivity index (χ0) is 24.7. The molecule has 178 valence electrons. The third-order valence-electron chi connectivity index (χ3n) is 6.16. The molecule has 0 unspecified atom stereocenters. The fourth-order valence-electron chi connectivity index (χ4n) is 4.19. The first kappa shape index (κ1) is 22.5. The van der Waals surface area contributed by atoms with Crippen LogP contribution < -0.4 is 10.6 Å². The molecule has 1 aliphatic rings. The van der Waals surface area contributed by atoms with Crippen LogP contribution in [0.4, 0.5) is 21.7 Å². The van der Waals surface area contributed by atoms with Crippen LogP contribution in [0.1, 0.15) is 18.2 Å². The van der Waals surface area contributed by atoms with Crippen LogP contribution in [0.3, 0.4) is 0 Å². The predicted octanol–water partition coefficient (Wildman–Crippen LogP) is 3.66. The summed E-state index contributed by atoms with van der Waals surface area (Å²) in [6, 6.07) is 6.92. The first-order valence-electron chi connectivity index (χ1n) is 11.2. The summed E-state index contributed by atoms with van der Waals surface area (Å²) in [7, 11) is 1.79. The van der Waals surface area contributed by atoms with Crippen molar-refractivity contribution in [2.75, 3.05) is 24.2 Å². The SMILES string of the molecule is CC(=O)Nc1cncc(-c2cc3cc(Nc4cc5n(n4)CC(=O)N(C)CC5)ncc3cc2F)c1C. The summed E-state index contributed by atoms with van der Waals surface area (Å²) in [5.74, 6) is 0.533. The van der Waals surface area contributed by atoms with Crippen molar-refractivity contribution in [3.05, 3.63) is 59.9 Å². The van der Waals surface area contributed by atoms with Crippen LogP contribution in [0, 0.1) is 12.7 Å². The summed E-state index contributed by atoms with van der Waals surface area (Å²) in [6.45, 7) is 4.07. The van der Waals surface area contributed by atoms with Gasteiger partial charge in [-0.05, 0) is 36.1 Å². The summed E-state index contributed by atoms with van der Waals surface area (Å²) >= 11 is 0. The molecule has 0 aliphatic carbocycles. The Morgan fingerprint density at radius 1 is 1.06 bits per heavy atom. The number of nitrogens with one attached hydrogen (secondary N) is 2. The number of benzene rings is 1. The molecule has 0 saturated carbocycles. The fraction of sp³-hybridized carbons (Fsp3) is 0.240. The van der Waals surface area contributed by atoms with Crippen LogP contribution in [0.5, 0.6) is 0 Å². The largest absolute Gasteiger partial charge is 0.344 e. The average molecular weight is 474 g/mol. The second-order valence-electron chi connectivity index (χ2n) is 8.66. The topological polar surface area (TPSA) is 105 Å². The number of rotatable bonds is 4. The van der Waals surface area contributed by atoms with Crippen LogP contribution in [0.25, 0.3) is 21.9 Å². The van der Waals surface area contributed by atoms with Crippen LogP contribution in [-0.4, -0.2) is 50.1 Å². The molecular weight excluding hydrogens is 449 g/mol. The van der Waals surface area contributed by atoms with Gasteiger partial charge in [0.05, 0.1) is 11.9 Å². The molecule has 35 heavy (non-hydrogen) atoms. The standard InChI is InChI=1S/C25H24FN7O2/c1-14-20(11-27-12-22(14)29-15(2)34)19-6-16-8-23(28-10-17(16)7-21(19)26)30-24-9-18-4-5-32(3)25(35)13-33(18)31-24/h6-12H,4-5,13H2,1-3H3,(H,29,34)(H,28,30,31). The Morgan fingerprint density at radius 2 is 1.89 bits per heavy atom. The zero-order valence-corrected chi connectivity index (χ0v) is 19.6. The molecule has 9 nitrogen and oxygen atoms in total. The quantitative estimate of drug-likeness (QED) is 0.469. The van der Waals surface area contributed by atoms with E-state index in [0.29, 0.717) is 40.4 Å². The number of nitrogens with zero attached hydrogens (tertiary/aromatic N) is 5. The molecule has 0 fully saturated rings. The normalized spacial score (nSPS) is 13.5. The first-order valence-corrected chi connectivity index (χ1v) is 11.2. The van der Waals surface area contributed by atoms with Crippen molar-refractivity contribution in [3.63, 3.8) is 0 Å². The Hall–Kier alpha value is -4.34. The Morgan fingerprint density at radius 3 is 2.69 bits per heavy atom. The molecule has 4 aromatic rings. The second kappa shape index (κ2) is 8.79. The lowest BCUT2D eigenvalue weighted by Gasteiger charge is -2.13. The van der Waals surface area contributed by atoms with Crippen LogP contribution >= 0.6 is 0 Å². The third-order valence-corrected chi connectivity index (χ3v) is 6.16. The third kappa shape index (κ3) is 4.42. The Bertz CT molecular complexity index is 1480. The molecular formula is C25H24FN7O2. The van der Waals surface area contributed by atoms with Crippen molar-refractivity contribution in [1.29, 1.82) is 0 Å². The van der Waals surface area contributed by atoms with Crippen LogP contribution in [-0.2, 0) is 22.6 Å². The van der Waals surface area contributed by atoms with E-state index in [1.807, 2.05) is 19.1 Å². The molecule has 3 aromatic heterocycles. The molecule has 10 heteroatoms. The summed E-state index contributed by atoms with van der Waals surface area (Å²) in [6.07, 6.45) is 5.45. The molecule has 0 radical (unpaired) electrons. The van der Waals surface area contributed by atoms with E-state index in [2.05, 4.69) is 25.7 Å². The van der Waals surface area contributed by atoms with Gasteiger partial charge in [-0.15, -0.1) is 0 Å². The molecule has 1 aliphatic heterocycles. The molecule has 4 heterocycles. The zero-order valence-electron chi connectivity index (χ0n) is 19.6. The van der Waals surface area contributed by atoms with E-state index in [1.54, 1.807) is 41.3 Å². The van der Waals surface area contributed by atoms with Gasteiger partial charge in [0, 0.05) is 67.6 Å². The molecule has 1 aromatic carbocycles. The number of fused-ring (bicyclic) bond motifs is 2. The Kier molecular flexibility index (Phi) is 5.64. The van der Waals surface area contributed by atoms with E-state index in [9.17, 15) is 9.59 Å². The number of anilines is 3. The smallest absolute Gasteiger partial charge is 0.244 e. The van der Waals surface area contributed by atoms with E-state index in [1.165, 1.54) is 13.0 Å². The number of pyridine rings is 2. The van der Waals surface area contributed by atoms with Crippen molar-refractivity contribution in [2.24, 2.45) is 0 Å². The van der Waals surface area contributed by atoms with Crippen molar-refractivity contribution in [2.45, 2.75) is 26.8 Å². The highest BCUT2D eigenvalue weighted by Crippen LogP contribution is 2.33. The van der Waals surface area contributed by atoms with E-state index >= 15 is 4.39 Å². The predicted molar refractivity (Wildman–Crippen MR) is 131 cm³/mol. The minimum atomic E-state index is -0.405. The van der Waals surface area contributed by atoms with Gasteiger partial charge in [0.25, 0.3) is 0 Å². The number of aromatic nitrogens is 4. The second-order valence-corrected chi connectivity index (χ2v) is 8.66. The van der Waals surface area contributed by atoms with Crippen molar-refractivity contribution in [1.82, 2.24) is 24.6 Å². The van der Waals surface area contributed by atoms with Crippen molar-refractivity contribution >= 4 is 39.9 Å². The number of halogens is 1. The van der Waals surface area contributed by atoms with Gasteiger partial charge >= 0.3 is 0 Å².